The third-order valence-electron chi connectivity index (χ3n) is 5.54. The molecular weight excluding hydrogens is 502 g/mol. The fraction of sp³-hybridized carbons (Fsp3) is 0.375. The number of amides is 2. The Morgan fingerprint density at radius 3 is 2.86 bits per heavy atom. The topological polar surface area (TPSA) is 129 Å². The van der Waals surface area contributed by atoms with Crippen LogP contribution < -0.4 is 15.4 Å². The molecule has 3 heterocycles. The smallest absolute Gasteiger partial charge is 0.273 e. The number of morpholine rings is 1. The molecular formula is C24H29N5O5S2. The summed E-state index contributed by atoms with van der Waals surface area (Å²) in [5, 5.41) is 15.2. The molecule has 0 aliphatic carbocycles. The summed E-state index contributed by atoms with van der Waals surface area (Å²) in [4.78, 5) is 35.8. The van der Waals surface area contributed by atoms with Gasteiger partial charge in [0, 0.05) is 36.8 Å². The van der Waals surface area contributed by atoms with Crippen LogP contribution in [0.5, 0.6) is 5.75 Å². The van der Waals surface area contributed by atoms with Gasteiger partial charge in [-0.1, -0.05) is 23.1 Å². The second-order valence-corrected chi connectivity index (χ2v) is 10.4. The van der Waals surface area contributed by atoms with Crippen molar-refractivity contribution in [1.29, 1.82) is 0 Å². The maximum atomic E-state index is 13.1. The first kappa shape index (κ1) is 26.2. The number of carbonyl (C=O) groups excluding carboxylic acids is 2. The quantitative estimate of drug-likeness (QED) is 0.294. The lowest BCUT2D eigenvalue weighted by atomic mass is 10.1. The van der Waals surface area contributed by atoms with Crippen LogP contribution in [0.15, 0.2) is 39.6 Å². The highest BCUT2D eigenvalue weighted by molar-refractivity contribution is 8.01. The molecule has 1 saturated heterocycles. The Morgan fingerprint density at radius 1 is 1.31 bits per heavy atom. The summed E-state index contributed by atoms with van der Waals surface area (Å²) in [7, 11) is 1.56. The van der Waals surface area contributed by atoms with Gasteiger partial charge in [0.05, 0.1) is 42.9 Å². The van der Waals surface area contributed by atoms with E-state index in [4.69, 9.17) is 14.6 Å². The molecule has 12 heteroatoms. The lowest BCUT2D eigenvalue weighted by Crippen LogP contribution is -2.40. The van der Waals surface area contributed by atoms with Gasteiger partial charge in [-0.15, -0.1) is 0 Å². The highest BCUT2D eigenvalue weighted by Gasteiger charge is 2.23. The third-order valence-corrected chi connectivity index (χ3v) is 7.71. The van der Waals surface area contributed by atoms with Crippen LogP contribution in [0.25, 0.3) is 0 Å². The van der Waals surface area contributed by atoms with Crippen molar-refractivity contribution in [1.82, 2.24) is 20.2 Å². The van der Waals surface area contributed by atoms with Gasteiger partial charge in [-0.3, -0.25) is 14.9 Å². The van der Waals surface area contributed by atoms with Crippen molar-refractivity contribution >= 4 is 40.0 Å². The van der Waals surface area contributed by atoms with Crippen LogP contribution in [0, 0.1) is 6.92 Å². The number of hydrogen-bond acceptors (Lipinski definition) is 9. The number of aromatic amines is 1. The number of aromatic nitrogens is 2. The summed E-state index contributed by atoms with van der Waals surface area (Å²) in [6, 6.07) is 7.27. The van der Waals surface area contributed by atoms with Gasteiger partial charge in [-0.2, -0.15) is 0 Å². The van der Waals surface area contributed by atoms with Crippen molar-refractivity contribution in [3.05, 3.63) is 53.0 Å². The van der Waals surface area contributed by atoms with E-state index in [9.17, 15) is 9.59 Å². The van der Waals surface area contributed by atoms with Crippen molar-refractivity contribution in [3.8, 4) is 5.75 Å². The molecule has 0 atom stereocenters. The van der Waals surface area contributed by atoms with Crippen molar-refractivity contribution in [3.63, 3.8) is 0 Å². The fourth-order valence-corrected chi connectivity index (χ4v) is 5.60. The van der Waals surface area contributed by atoms with Gasteiger partial charge in [-0.05, 0) is 36.8 Å². The van der Waals surface area contributed by atoms with E-state index in [-0.39, 0.29) is 18.4 Å². The van der Waals surface area contributed by atoms with Gasteiger partial charge in [0.25, 0.3) is 11.8 Å². The van der Waals surface area contributed by atoms with E-state index < -0.39 is 0 Å². The Labute approximate surface area is 217 Å². The Morgan fingerprint density at radius 2 is 2.11 bits per heavy atom. The molecule has 0 saturated carbocycles. The molecule has 0 unspecified atom stereocenters. The summed E-state index contributed by atoms with van der Waals surface area (Å²) in [5.41, 5.74) is 2.77. The summed E-state index contributed by atoms with van der Waals surface area (Å²) >= 11 is 2.85. The van der Waals surface area contributed by atoms with Gasteiger partial charge in [-0.25, -0.2) is 4.98 Å². The second-order valence-electron chi connectivity index (χ2n) is 8.06. The molecule has 1 aromatic carbocycles. The minimum absolute atomic E-state index is 0.0555. The van der Waals surface area contributed by atoms with E-state index in [1.54, 1.807) is 24.3 Å². The monoisotopic (exact) mass is 531 g/mol. The first-order chi connectivity index (χ1) is 17.5. The van der Waals surface area contributed by atoms with Crippen LogP contribution >= 0.6 is 23.1 Å². The lowest BCUT2D eigenvalue weighted by molar-refractivity contribution is 0.0300. The number of methoxy groups -OCH3 is 1. The molecule has 0 bridgehead atoms. The molecule has 2 amide bonds. The predicted octanol–water partition coefficient (Wildman–Crippen LogP) is 2.75. The third kappa shape index (κ3) is 6.45. The van der Waals surface area contributed by atoms with E-state index in [2.05, 4.69) is 20.6 Å². The highest BCUT2D eigenvalue weighted by Crippen LogP contribution is 2.38. The SMILES string of the molecule is COc1cc(C)c(Sc2cnc(NC(=O)c3ccc(CNCCO)[nH]3)s2)cc1C(=O)N1CCOCC1. The molecule has 192 valence electrons. The number of carbonyl (C=O) groups is 2. The van der Waals surface area contributed by atoms with E-state index in [0.717, 1.165) is 20.4 Å². The Kier molecular flexibility index (Phi) is 8.99. The number of benzene rings is 1. The van der Waals surface area contributed by atoms with E-state index in [1.807, 2.05) is 25.1 Å². The molecule has 1 aliphatic heterocycles. The first-order valence-corrected chi connectivity index (χ1v) is 13.1. The van der Waals surface area contributed by atoms with Crippen LogP contribution in [-0.2, 0) is 11.3 Å². The molecule has 0 radical (unpaired) electrons. The summed E-state index contributed by atoms with van der Waals surface area (Å²) in [6.07, 6.45) is 1.71. The molecule has 10 nitrogen and oxygen atoms in total. The largest absolute Gasteiger partial charge is 0.496 e. The number of aliphatic hydroxyl groups is 1. The van der Waals surface area contributed by atoms with Gasteiger partial charge in [0.2, 0.25) is 0 Å². The molecule has 4 N–H and O–H groups in total. The number of nitrogens with one attached hydrogen (secondary N) is 3. The highest BCUT2D eigenvalue weighted by atomic mass is 32.2. The van der Waals surface area contributed by atoms with E-state index in [0.29, 0.717) is 61.5 Å². The summed E-state index contributed by atoms with van der Waals surface area (Å²) < 4.78 is 11.7. The minimum atomic E-state index is -0.284. The van der Waals surface area contributed by atoms with Gasteiger partial charge >= 0.3 is 0 Å². The second kappa shape index (κ2) is 12.4. The number of ether oxygens (including phenoxy) is 2. The van der Waals surface area contributed by atoms with Gasteiger partial charge < -0.3 is 29.8 Å². The van der Waals surface area contributed by atoms with Crippen LogP contribution in [0.1, 0.15) is 32.1 Å². The Bertz CT molecular complexity index is 1210. The van der Waals surface area contributed by atoms with Crippen LogP contribution in [-0.4, -0.2) is 78.4 Å². The molecule has 0 spiro atoms. The molecule has 2 aromatic heterocycles. The molecule has 1 aliphatic rings. The van der Waals surface area contributed by atoms with Crippen molar-refractivity contribution in [2.24, 2.45) is 0 Å². The Hall–Kier alpha value is -2.90. The molecule has 4 rings (SSSR count). The van der Waals surface area contributed by atoms with E-state index in [1.165, 1.54) is 23.1 Å². The predicted molar refractivity (Wildman–Crippen MR) is 138 cm³/mol. The zero-order chi connectivity index (χ0) is 25.5. The molecule has 1 fully saturated rings. The summed E-state index contributed by atoms with van der Waals surface area (Å²) in [5.74, 6) is 0.182. The van der Waals surface area contributed by atoms with Crippen LogP contribution in [0.4, 0.5) is 5.13 Å². The number of aryl methyl sites for hydroxylation is 1. The standard InChI is InChI=1S/C24H29N5O5S2/c1-15-11-19(33-2)17(23(32)29-6-9-34-10-7-29)12-20(15)35-21-14-26-24(36-21)28-22(31)18-4-3-16(27-18)13-25-5-8-30/h3-4,11-12,14,25,27,30H,5-10,13H2,1-2H3,(H,26,28,31). The van der Waals surface area contributed by atoms with Crippen molar-refractivity contribution in [2.75, 3.05) is 51.9 Å². The van der Waals surface area contributed by atoms with Crippen LogP contribution in [0.2, 0.25) is 0 Å². The zero-order valence-corrected chi connectivity index (χ0v) is 21.8. The molecule has 36 heavy (non-hydrogen) atoms. The average molecular weight is 532 g/mol. The number of H-pyrrole nitrogens is 1. The van der Waals surface area contributed by atoms with Crippen molar-refractivity contribution in [2.45, 2.75) is 22.6 Å². The number of thiazole rings is 1. The fourth-order valence-electron chi connectivity index (χ4n) is 3.66. The van der Waals surface area contributed by atoms with E-state index >= 15 is 0 Å². The van der Waals surface area contributed by atoms with Gasteiger partial charge in [0.15, 0.2) is 5.13 Å². The molecule has 3 aromatic rings. The van der Waals surface area contributed by atoms with Gasteiger partial charge in [0.1, 0.15) is 11.4 Å². The minimum Gasteiger partial charge on any atom is -0.496 e. The first-order valence-electron chi connectivity index (χ1n) is 11.5. The van der Waals surface area contributed by atoms with Crippen LogP contribution in [0.3, 0.4) is 0 Å². The normalized spacial score (nSPS) is 13.6. The average Bonchev–Trinajstić information content (AvgIpc) is 3.55. The lowest BCUT2D eigenvalue weighted by Gasteiger charge is -2.27. The van der Waals surface area contributed by atoms with Crippen molar-refractivity contribution < 1.29 is 24.2 Å². The summed E-state index contributed by atoms with van der Waals surface area (Å²) in [6.45, 7) is 5.20. The maximum absolute atomic E-state index is 13.1. The number of rotatable bonds is 10. The number of anilines is 1. The Balaban J connectivity index is 1.43. The number of aliphatic hydroxyl groups excluding tert-OH is 1. The number of hydrogen-bond donors (Lipinski definition) is 4. The number of nitrogens with zero attached hydrogens (tertiary/aromatic N) is 2. The maximum Gasteiger partial charge on any atom is 0.273 e. The zero-order valence-electron chi connectivity index (χ0n) is 20.1.